The van der Waals surface area contributed by atoms with Crippen molar-refractivity contribution >= 4 is 0 Å². The molecule has 0 saturated heterocycles. The third-order valence-corrected chi connectivity index (χ3v) is 4.76. The molecule has 0 aliphatic rings. The fraction of sp³-hybridized carbons (Fsp3) is 0.400. The molecule has 0 aliphatic heterocycles. The molecule has 0 fully saturated rings. The molecular formula is C20H26Fe. The Bertz CT molecular complexity index is 609. The van der Waals surface area contributed by atoms with Gasteiger partial charge in [-0.15, -0.1) is 11.1 Å². The van der Waals surface area contributed by atoms with E-state index in [-0.39, 0.29) is 17.1 Å². The summed E-state index contributed by atoms with van der Waals surface area (Å²) in [6, 6.07) is 2.24. The molecule has 0 spiro atoms. The van der Waals surface area contributed by atoms with Crippen molar-refractivity contribution in [2.45, 2.75) is 55.4 Å². The van der Waals surface area contributed by atoms with Gasteiger partial charge in [0.25, 0.3) is 0 Å². The summed E-state index contributed by atoms with van der Waals surface area (Å²) in [6.45, 7) is 17.1. The van der Waals surface area contributed by atoms with E-state index in [1.165, 1.54) is 44.5 Å². The molecule has 2 aromatic carbocycles. The minimum atomic E-state index is 0. The standard InChI is InChI=1S/C11H13.C9H13.Fe/c1-6-11-9(4)7(2)8(3)10(11)5;1-6-5-7(2)9(4)8(6)3;/h1H,2-5H3;5H,1-4H3;/q2*-1;+2. The van der Waals surface area contributed by atoms with Gasteiger partial charge in [-0.1, -0.05) is 61.0 Å². The zero-order valence-electron chi connectivity index (χ0n) is 14.5. The monoisotopic (exact) mass is 322 g/mol. The van der Waals surface area contributed by atoms with Crippen LogP contribution in [0, 0.1) is 67.7 Å². The molecule has 0 aliphatic carbocycles. The first-order valence-corrected chi connectivity index (χ1v) is 7.12. The second kappa shape index (κ2) is 7.69. The summed E-state index contributed by atoms with van der Waals surface area (Å²) >= 11 is 0. The Labute approximate surface area is 141 Å². The molecule has 0 heterocycles. The van der Waals surface area contributed by atoms with Gasteiger partial charge in [0.05, 0.1) is 0 Å². The Morgan fingerprint density at radius 2 is 1.05 bits per heavy atom. The van der Waals surface area contributed by atoms with Crippen molar-refractivity contribution in [3.63, 3.8) is 0 Å². The van der Waals surface area contributed by atoms with Crippen molar-refractivity contribution in [3.8, 4) is 12.3 Å². The third-order valence-electron chi connectivity index (χ3n) is 4.76. The van der Waals surface area contributed by atoms with Crippen molar-refractivity contribution in [2.24, 2.45) is 0 Å². The van der Waals surface area contributed by atoms with Gasteiger partial charge >= 0.3 is 17.1 Å². The minimum Gasteiger partial charge on any atom is -0.228 e. The van der Waals surface area contributed by atoms with Gasteiger partial charge in [-0.05, 0) is 0 Å². The van der Waals surface area contributed by atoms with Crippen LogP contribution in [-0.4, -0.2) is 0 Å². The van der Waals surface area contributed by atoms with Gasteiger partial charge in [0, 0.05) is 0 Å². The van der Waals surface area contributed by atoms with Crippen molar-refractivity contribution in [1.82, 2.24) is 0 Å². The number of aryl methyl sites for hydroxylation is 2. The molecular weight excluding hydrogens is 296 g/mol. The van der Waals surface area contributed by atoms with Crippen molar-refractivity contribution < 1.29 is 17.1 Å². The zero-order chi connectivity index (χ0) is 15.6. The molecule has 0 nitrogen and oxygen atoms in total. The molecule has 114 valence electrons. The van der Waals surface area contributed by atoms with Crippen molar-refractivity contribution in [2.75, 3.05) is 0 Å². The average Bonchev–Trinajstić information content (AvgIpc) is 2.74. The number of hydrogen-bond donors (Lipinski definition) is 0. The van der Waals surface area contributed by atoms with E-state index >= 15 is 0 Å². The summed E-state index contributed by atoms with van der Waals surface area (Å²) in [7, 11) is 0. The van der Waals surface area contributed by atoms with E-state index in [9.17, 15) is 0 Å². The molecule has 0 amide bonds. The predicted octanol–water partition coefficient (Wildman–Crippen LogP) is 5.26. The molecule has 0 atom stereocenters. The molecule has 0 N–H and O–H groups in total. The van der Waals surface area contributed by atoms with E-state index in [0.29, 0.717) is 0 Å². The molecule has 2 aromatic rings. The van der Waals surface area contributed by atoms with E-state index in [1.54, 1.807) is 0 Å². The van der Waals surface area contributed by atoms with Gasteiger partial charge in [-0.2, -0.15) is 45.4 Å². The van der Waals surface area contributed by atoms with Crippen LogP contribution in [0.5, 0.6) is 0 Å². The maximum Gasteiger partial charge on any atom is 2.00 e. The van der Waals surface area contributed by atoms with Gasteiger partial charge < -0.3 is 0 Å². The van der Waals surface area contributed by atoms with E-state index < -0.39 is 0 Å². The topological polar surface area (TPSA) is 0 Å². The largest absolute Gasteiger partial charge is 2.00 e. The first kappa shape index (κ1) is 19.8. The number of hydrogen-bond acceptors (Lipinski definition) is 0. The predicted molar refractivity (Wildman–Crippen MR) is 89.9 cm³/mol. The Kier molecular flexibility index (Phi) is 7.25. The maximum absolute atomic E-state index is 5.38. The van der Waals surface area contributed by atoms with Crippen molar-refractivity contribution in [1.29, 1.82) is 0 Å². The van der Waals surface area contributed by atoms with Gasteiger partial charge in [0.15, 0.2) is 0 Å². The van der Waals surface area contributed by atoms with Crippen LogP contribution in [0.2, 0.25) is 0 Å². The summed E-state index contributed by atoms with van der Waals surface area (Å²) in [5.41, 5.74) is 12.0. The molecule has 2 rings (SSSR count). The van der Waals surface area contributed by atoms with Gasteiger partial charge in [0.1, 0.15) is 0 Å². The van der Waals surface area contributed by atoms with E-state index in [1.807, 2.05) is 0 Å². The minimum absolute atomic E-state index is 0. The van der Waals surface area contributed by atoms with E-state index in [2.05, 4.69) is 67.4 Å². The van der Waals surface area contributed by atoms with Crippen LogP contribution in [0.15, 0.2) is 6.07 Å². The Balaban J connectivity index is 0.000000370. The molecule has 21 heavy (non-hydrogen) atoms. The quantitative estimate of drug-likeness (QED) is 0.353. The zero-order valence-corrected chi connectivity index (χ0v) is 15.6. The molecule has 0 unspecified atom stereocenters. The van der Waals surface area contributed by atoms with Crippen molar-refractivity contribution in [3.05, 3.63) is 56.1 Å². The van der Waals surface area contributed by atoms with Crippen LogP contribution in [0.3, 0.4) is 0 Å². The van der Waals surface area contributed by atoms with Crippen LogP contribution >= 0.6 is 0 Å². The van der Waals surface area contributed by atoms with Crippen LogP contribution in [-0.2, 0) is 17.1 Å². The molecule has 0 radical (unpaired) electrons. The number of rotatable bonds is 0. The van der Waals surface area contributed by atoms with Crippen LogP contribution < -0.4 is 0 Å². The smallest absolute Gasteiger partial charge is 0.228 e. The van der Waals surface area contributed by atoms with Crippen LogP contribution in [0.25, 0.3) is 0 Å². The fourth-order valence-electron chi connectivity index (χ4n) is 2.57. The molecule has 0 bridgehead atoms. The first-order valence-electron chi connectivity index (χ1n) is 7.12. The summed E-state index contributed by atoms with van der Waals surface area (Å²) in [6.07, 6.45) is 5.38. The average molecular weight is 322 g/mol. The fourth-order valence-corrected chi connectivity index (χ4v) is 2.57. The summed E-state index contributed by atoms with van der Waals surface area (Å²) < 4.78 is 0. The summed E-state index contributed by atoms with van der Waals surface area (Å²) in [5, 5.41) is 0. The second-order valence-electron chi connectivity index (χ2n) is 5.78. The third kappa shape index (κ3) is 3.91. The Hall–Kier alpha value is -1.22. The maximum atomic E-state index is 5.38. The van der Waals surface area contributed by atoms with Gasteiger partial charge in [-0.25, -0.2) is 6.42 Å². The normalized spacial score (nSPS) is 9.48. The van der Waals surface area contributed by atoms with Crippen LogP contribution in [0.4, 0.5) is 0 Å². The van der Waals surface area contributed by atoms with Gasteiger partial charge in [-0.3, -0.25) is 0 Å². The first-order chi connectivity index (χ1) is 9.22. The summed E-state index contributed by atoms with van der Waals surface area (Å²) in [5.74, 6) is 2.73. The SMILES string of the molecule is C#C[c-]1c(C)c(C)c(C)c1C.Cc1[cH-]c(C)c(C)c1C.[Fe+2]. The molecule has 0 aromatic heterocycles. The Morgan fingerprint density at radius 1 is 0.714 bits per heavy atom. The van der Waals surface area contributed by atoms with Crippen LogP contribution in [0.1, 0.15) is 50.1 Å². The summed E-state index contributed by atoms with van der Waals surface area (Å²) in [4.78, 5) is 0. The molecule has 0 saturated carbocycles. The Morgan fingerprint density at radius 3 is 1.19 bits per heavy atom. The number of terminal acetylenes is 1. The molecule has 1 heteroatoms. The van der Waals surface area contributed by atoms with Gasteiger partial charge in [0.2, 0.25) is 0 Å². The van der Waals surface area contributed by atoms with E-state index in [0.717, 1.165) is 5.56 Å². The second-order valence-corrected chi connectivity index (χ2v) is 5.78. The van der Waals surface area contributed by atoms with E-state index in [4.69, 9.17) is 6.42 Å².